The molecule has 1 aromatic carbocycles. The summed E-state index contributed by atoms with van der Waals surface area (Å²) in [4.78, 5) is 0. The first-order chi connectivity index (χ1) is 6.79. The van der Waals surface area contributed by atoms with Crippen molar-refractivity contribution in [3.05, 3.63) is 31.7 Å². The molecule has 1 rings (SSSR count). The van der Waals surface area contributed by atoms with Gasteiger partial charge in [-0.05, 0) is 22.0 Å². The molecule has 80 valence electrons. The predicted molar refractivity (Wildman–Crippen MR) is 53.9 cm³/mol. The third-order valence-electron chi connectivity index (χ3n) is 1.57. The average molecular weight is 319 g/mol. The Labute approximate surface area is 102 Å². The number of halogens is 6. The number of nitrogens with zero attached hydrogens (tertiary/aromatic N) is 1. The summed E-state index contributed by atoms with van der Waals surface area (Å²) in [5, 5.41) is 7.80. The summed E-state index contributed by atoms with van der Waals surface area (Å²) in [6.45, 7) is 0. The van der Waals surface area contributed by atoms with Gasteiger partial charge in [0, 0.05) is 4.47 Å². The van der Waals surface area contributed by atoms with Crippen molar-refractivity contribution in [2.24, 2.45) is 0 Å². The van der Waals surface area contributed by atoms with Crippen LogP contribution in [0.2, 0.25) is 10.0 Å². The van der Waals surface area contributed by atoms with Crippen molar-refractivity contribution in [1.82, 2.24) is 0 Å². The molecule has 0 atom stereocenters. The molecule has 0 amide bonds. The molecule has 0 aliphatic heterocycles. The van der Waals surface area contributed by atoms with Gasteiger partial charge in [-0.25, -0.2) is 0 Å². The minimum absolute atomic E-state index is 0.0163. The van der Waals surface area contributed by atoms with Crippen molar-refractivity contribution < 1.29 is 13.2 Å². The highest BCUT2D eigenvalue weighted by molar-refractivity contribution is 9.10. The van der Waals surface area contributed by atoms with E-state index >= 15 is 0 Å². The number of benzene rings is 1. The van der Waals surface area contributed by atoms with E-state index in [0.717, 1.165) is 6.07 Å². The number of nitriles is 1. The normalized spacial score (nSPS) is 11.3. The minimum atomic E-state index is -4.62. The molecule has 0 unspecified atom stereocenters. The molecule has 1 nitrogen and oxygen atoms in total. The minimum Gasteiger partial charge on any atom is -0.192 e. The third-order valence-corrected chi connectivity index (χ3v) is 3.21. The molecule has 1 aromatic rings. The largest absolute Gasteiger partial charge is 0.417 e. The standard InChI is InChI=1S/C8HBrCl2F3N/c9-5-1-4(8(12,13)14)6(10)3(2-15)7(5)11/h1H. The Hall–Kier alpha value is -0.440. The highest BCUT2D eigenvalue weighted by Crippen LogP contribution is 2.41. The van der Waals surface area contributed by atoms with Crippen LogP contribution in [-0.2, 0) is 6.18 Å². The first-order valence-electron chi connectivity index (χ1n) is 3.43. The lowest BCUT2D eigenvalue weighted by molar-refractivity contribution is -0.137. The molecule has 15 heavy (non-hydrogen) atoms. The fourth-order valence-electron chi connectivity index (χ4n) is 0.908. The van der Waals surface area contributed by atoms with Crippen molar-refractivity contribution in [1.29, 1.82) is 5.26 Å². The molecule has 0 spiro atoms. The van der Waals surface area contributed by atoms with Gasteiger partial charge in [0.15, 0.2) is 0 Å². The van der Waals surface area contributed by atoms with E-state index in [9.17, 15) is 13.2 Å². The van der Waals surface area contributed by atoms with Crippen LogP contribution in [0, 0.1) is 11.3 Å². The van der Waals surface area contributed by atoms with Crippen LogP contribution in [0.3, 0.4) is 0 Å². The van der Waals surface area contributed by atoms with Crippen LogP contribution >= 0.6 is 39.1 Å². The van der Waals surface area contributed by atoms with Gasteiger partial charge in [-0.3, -0.25) is 0 Å². The molecule has 0 fully saturated rings. The van der Waals surface area contributed by atoms with Crippen molar-refractivity contribution in [3.8, 4) is 6.07 Å². The van der Waals surface area contributed by atoms with Gasteiger partial charge in [-0.1, -0.05) is 23.2 Å². The van der Waals surface area contributed by atoms with Crippen LogP contribution in [0.1, 0.15) is 11.1 Å². The smallest absolute Gasteiger partial charge is 0.192 e. The van der Waals surface area contributed by atoms with Gasteiger partial charge in [0.05, 0.1) is 21.2 Å². The molecule has 0 radical (unpaired) electrons. The fourth-order valence-corrected chi connectivity index (χ4v) is 1.87. The molecule has 0 aromatic heterocycles. The van der Waals surface area contributed by atoms with Crippen LogP contribution in [-0.4, -0.2) is 0 Å². The van der Waals surface area contributed by atoms with Crippen LogP contribution in [0.5, 0.6) is 0 Å². The molecule has 0 bridgehead atoms. The molecular weight excluding hydrogens is 318 g/mol. The summed E-state index contributed by atoms with van der Waals surface area (Å²) in [6, 6.07) is 2.26. The van der Waals surface area contributed by atoms with E-state index in [-0.39, 0.29) is 15.1 Å². The van der Waals surface area contributed by atoms with Crippen LogP contribution in [0.25, 0.3) is 0 Å². The zero-order valence-corrected chi connectivity index (χ0v) is 9.89. The molecule has 0 heterocycles. The molecule has 0 aliphatic rings. The van der Waals surface area contributed by atoms with E-state index in [0.29, 0.717) is 0 Å². The summed E-state index contributed by atoms with van der Waals surface area (Å²) < 4.78 is 37.2. The summed E-state index contributed by atoms with van der Waals surface area (Å²) in [7, 11) is 0. The zero-order chi connectivity index (χ0) is 11.8. The first-order valence-corrected chi connectivity index (χ1v) is 4.98. The Kier molecular flexibility index (Phi) is 3.54. The Morgan fingerprint density at radius 2 is 1.80 bits per heavy atom. The Morgan fingerprint density at radius 1 is 1.27 bits per heavy atom. The zero-order valence-electron chi connectivity index (χ0n) is 6.79. The van der Waals surface area contributed by atoms with E-state index in [1.54, 1.807) is 0 Å². The van der Waals surface area contributed by atoms with Gasteiger partial charge in [0.1, 0.15) is 6.07 Å². The second kappa shape index (κ2) is 4.20. The highest BCUT2D eigenvalue weighted by atomic mass is 79.9. The van der Waals surface area contributed by atoms with Gasteiger partial charge in [0.25, 0.3) is 0 Å². The van der Waals surface area contributed by atoms with Crippen LogP contribution in [0.15, 0.2) is 10.5 Å². The summed E-state index contributed by atoms with van der Waals surface area (Å²) in [5.74, 6) is 0. The molecule has 0 saturated carbocycles. The van der Waals surface area contributed by atoms with Gasteiger partial charge in [0.2, 0.25) is 0 Å². The quantitative estimate of drug-likeness (QED) is 0.639. The van der Waals surface area contributed by atoms with E-state index in [2.05, 4.69) is 15.9 Å². The van der Waals surface area contributed by atoms with E-state index in [1.807, 2.05) is 0 Å². The Balaban J connectivity index is 3.60. The van der Waals surface area contributed by atoms with Gasteiger partial charge in [-0.15, -0.1) is 0 Å². The number of hydrogen-bond donors (Lipinski definition) is 0. The van der Waals surface area contributed by atoms with Crippen molar-refractivity contribution in [2.75, 3.05) is 0 Å². The van der Waals surface area contributed by atoms with Gasteiger partial charge < -0.3 is 0 Å². The highest BCUT2D eigenvalue weighted by Gasteiger charge is 2.35. The lowest BCUT2D eigenvalue weighted by atomic mass is 10.1. The second-order valence-electron chi connectivity index (χ2n) is 2.52. The van der Waals surface area contributed by atoms with Crippen molar-refractivity contribution in [3.63, 3.8) is 0 Å². The third kappa shape index (κ3) is 2.39. The summed E-state index contributed by atoms with van der Waals surface area (Å²) in [5.41, 5.74) is -1.47. The lowest BCUT2D eigenvalue weighted by Gasteiger charge is -2.11. The topological polar surface area (TPSA) is 23.8 Å². The number of hydrogen-bond acceptors (Lipinski definition) is 1. The molecule has 7 heteroatoms. The summed E-state index contributed by atoms with van der Waals surface area (Å²) >= 11 is 13.8. The number of rotatable bonds is 0. The predicted octanol–water partition coefficient (Wildman–Crippen LogP) is 4.65. The van der Waals surface area contributed by atoms with E-state index < -0.39 is 16.8 Å². The van der Waals surface area contributed by atoms with Crippen molar-refractivity contribution in [2.45, 2.75) is 6.18 Å². The van der Waals surface area contributed by atoms with Crippen molar-refractivity contribution >= 4 is 39.1 Å². The SMILES string of the molecule is N#Cc1c(Cl)c(Br)cc(C(F)(F)F)c1Cl. The van der Waals surface area contributed by atoms with Crippen LogP contribution < -0.4 is 0 Å². The summed E-state index contributed by atoms with van der Waals surface area (Å²) in [6.07, 6.45) is -4.62. The first kappa shape index (κ1) is 12.6. The molecule has 0 N–H and O–H groups in total. The molecular formula is C8HBrCl2F3N. The lowest BCUT2D eigenvalue weighted by Crippen LogP contribution is -2.07. The van der Waals surface area contributed by atoms with Gasteiger partial charge >= 0.3 is 6.18 Å². The average Bonchev–Trinajstić information content (AvgIpc) is 2.10. The number of alkyl halides is 3. The monoisotopic (exact) mass is 317 g/mol. The maximum Gasteiger partial charge on any atom is 0.417 e. The fraction of sp³-hybridized carbons (Fsp3) is 0.125. The second-order valence-corrected chi connectivity index (χ2v) is 4.13. The maximum absolute atomic E-state index is 12.4. The molecule has 0 aliphatic carbocycles. The Bertz CT molecular complexity index is 451. The van der Waals surface area contributed by atoms with Gasteiger partial charge in [-0.2, -0.15) is 18.4 Å². The maximum atomic E-state index is 12.4. The van der Waals surface area contributed by atoms with E-state index in [4.69, 9.17) is 28.5 Å². The Morgan fingerprint density at radius 3 is 2.20 bits per heavy atom. The van der Waals surface area contributed by atoms with E-state index in [1.165, 1.54) is 6.07 Å². The molecule has 0 saturated heterocycles. The van der Waals surface area contributed by atoms with Crippen LogP contribution in [0.4, 0.5) is 13.2 Å².